The van der Waals surface area contributed by atoms with E-state index in [4.69, 9.17) is 0 Å². The van der Waals surface area contributed by atoms with Crippen LogP contribution in [0.4, 0.5) is 0 Å². The molecule has 0 aromatic rings. The lowest BCUT2D eigenvalue weighted by molar-refractivity contribution is -0.152. The van der Waals surface area contributed by atoms with Crippen molar-refractivity contribution in [2.75, 3.05) is 0 Å². The van der Waals surface area contributed by atoms with Crippen molar-refractivity contribution in [1.82, 2.24) is 0 Å². The highest BCUT2D eigenvalue weighted by Crippen LogP contribution is 2.81. The Bertz CT molecular complexity index is 359. The second-order valence-corrected chi connectivity index (χ2v) is 9.32. The van der Waals surface area contributed by atoms with Crippen molar-refractivity contribution in [3.63, 3.8) is 0 Å². The second-order valence-electron chi connectivity index (χ2n) is 9.32. The molecule has 6 atom stereocenters. The summed E-state index contributed by atoms with van der Waals surface area (Å²) in [6.07, 6.45) is 0. The van der Waals surface area contributed by atoms with Crippen molar-refractivity contribution >= 4 is 0 Å². The topological polar surface area (TPSA) is 0 Å². The van der Waals surface area contributed by atoms with Crippen molar-refractivity contribution in [2.24, 2.45) is 45.3 Å². The Balaban J connectivity index is 2.68. The van der Waals surface area contributed by atoms with E-state index in [1.165, 1.54) is 0 Å². The highest BCUT2D eigenvalue weighted by atomic mass is 14.8. The fourth-order valence-electron chi connectivity index (χ4n) is 6.69. The Hall–Kier alpha value is 0. The minimum Gasteiger partial charge on any atom is -0.0617 e. The van der Waals surface area contributed by atoms with Gasteiger partial charge < -0.3 is 0 Å². The van der Waals surface area contributed by atoms with E-state index in [0.29, 0.717) is 21.7 Å². The molecule has 0 N–H and O–H groups in total. The van der Waals surface area contributed by atoms with Crippen LogP contribution in [0.1, 0.15) is 69.2 Å². The van der Waals surface area contributed by atoms with E-state index in [0.717, 1.165) is 23.7 Å². The molecule has 0 aromatic heterocycles. The first-order chi connectivity index (χ1) is 7.85. The Morgan fingerprint density at radius 3 is 1.50 bits per heavy atom. The first-order valence-corrected chi connectivity index (χ1v) is 7.85. The average Bonchev–Trinajstić information content (AvgIpc) is 2.44. The third kappa shape index (κ3) is 1.11. The Morgan fingerprint density at radius 1 is 0.722 bits per heavy atom. The summed E-state index contributed by atoms with van der Waals surface area (Å²) in [6, 6.07) is 0. The zero-order valence-corrected chi connectivity index (χ0v) is 14.3. The largest absolute Gasteiger partial charge is 0.0617 e. The van der Waals surface area contributed by atoms with Gasteiger partial charge in [0, 0.05) is 0 Å². The molecule has 0 saturated heterocycles. The minimum atomic E-state index is 0.377. The first kappa shape index (κ1) is 14.4. The molecule has 2 bridgehead atoms. The molecule has 0 heteroatoms. The summed E-state index contributed by atoms with van der Waals surface area (Å²) in [5.74, 6) is 3.43. The van der Waals surface area contributed by atoms with Crippen LogP contribution in [0.2, 0.25) is 0 Å². The molecule has 0 aromatic carbocycles. The van der Waals surface area contributed by atoms with Crippen molar-refractivity contribution in [2.45, 2.75) is 69.2 Å². The van der Waals surface area contributed by atoms with Crippen LogP contribution in [-0.2, 0) is 0 Å². The maximum absolute atomic E-state index is 2.60. The molecular weight excluding hydrogens is 216 g/mol. The van der Waals surface area contributed by atoms with Crippen LogP contribution in [0.25, 0.3) is 0 Å². The van der Waals surface area contributed by atoms with Crippen LogP contribution >= 0.6 is 0 Å². The summed E-state index contributed by atoms with van der Waals surface area (Å²) >= 11 is 0. The normalized spacial score (nSPS) is 55.0. The second kappa shape index (κ2) is 3.36. The third-order valence-electron chi connectivity index (χ3n) is 8.67. The molecule has 0 heterocycles. The minimum absolute atomic E-state index is 0.377. The zero-order valence-electron chi connectivity index (χ0n) is 14.3. The van der Waals surface area contributed by atoms with Gasteiger partial charge in [-0.15, -0.1) is 0 Å². The van der Waals surface area contributed by atoms with Gasteiger partial charge in [0.1, 0.15) is 0 Å². The molecule has 0 radical (unpaired) electrons. The molecule has 2 aliphatic rings. The molecule has 0 nitrogen and oxygen atoms in total. The number of fused-ring (bicyclic) bond motifs is 2. The van der Waals surface area contributed by atoms with Crippen molar-refractivity contribution in [3.8, 4) is 0 Å². The number of rotatable bonds is 0. The van der Waals surface area contributed by atoms with Gasteiger partial charge in [-0.2, -0.15) is 0 Å². The average molecular weight is 250 g/mol. The van der Waals surface area contributed by atoms with Crippen molar-refractivity contribution in [3.05, 3.63) is 0 Å². The van der Waals surface area contributed by atoms with Crippen LogP contribution in [0.15, 0.2) is 0 Å². The van der Waals surface area contributed by atoms with Gasteiger partial charge in [-0.1, -0.05) is 69.2 Å². The highest BCUT2D eigenvalue weighted by Gasteiger charge is 2.76. The van der Waals surface area contributed by atoms with Crippen LogP contribution < -0.4 is 0 Å². The van der Waals surface area contributed by atoms with Gasteiger partial charge >= 0.3 is 0 Å². The lowest BCUT2D eigenvalue weighted by Gasteiger charge is -2.63. The molecule has 0 amide bonds. The molecule has 2 rings (SSSR count). The molecule has 6 unspecified atom stereocenters. The van der Waals surface area contributed by atoms with E-state index in [1.807, 2.05) is 0 Å². The van der Waals surface area contributed by atoms with E-state index in [9.17, 15) is 0 Å². The summed E-state index contributed by atoms with van der Waals surface area (Å²) in [5, 5.41) is 0. The molecule has 0 aliphatic heterocycles. The van der Waals surface area contributed by atoms with Crippen LogP contribution in [0.5, 0.6) is 0 Å². The summed E-state index contributed by atoms with van der Waals surface area (Å²) < 4.78 is 0. The Labute approximate surface area is 115 Å². The standard InChI is InChI=1S/C18H34/c1-11-14-12(2)17(9,15(4,5)6)18(10,13(14)3)16(11,7)8/h11-14H,1-10H3. The first-order valence-electron chi connectivity index (χ1n) is 7.85. The third-order valence-corrected chi connectivity index (χ3v) is 8.67. The van der Waals surface area contributed by atoms with Crippen molar-refractivity contribution in [1.29, 1.82) is 0 Å². The van der Waals surface area contributed by atoms with Gasteiger partial charge in [0.2, 0.25) is 0 Å². The lowest BCUT2D eigenvalue weighted by atomic mass is 9.41. The van der Waals surface area contributed by atoms with E-state index in [-0.39, 0.29) is 0 Å². The molecule has 0 spiro atoms. The molecule has 18 heavy (non-hydrogen) atoms. The summed E-state index contributed by atoms with van der Waals surface area (Å²) in [5.41, 5.74) is 1.70. The van der Waals surface area contributed by atoms with Gasteiger partial charge in [0.15, 0.2) is 0 Å². The Morgan fingerprint density at radius 2 is 1.17 bits per heavy atom. The highest BCUT2D eigenvalue weighted by molar-refractivity contribution is 5.23. The van der Waals surface area contributed by atoms with E-state index >= 15 is 0 Å². The molecule has 2 saturated carbocycles. The van der Waals surface area contributed by atoms with E-state index in [1.54, 1.807) is 0 Å². The van der Waals surface area contributed by atoms with Gasteiger partial charge in [-0.3, -0.25) is 0 Å². The smallest absolute Gasteiger partial charge is 0.0182 e. The number of hydrogen-bond donors (Lipinski definition) is 0. The van der Waals surface area contributed by atoms with E-state index < -0.39 is 0 Å². The molecular formula is C18H34. The van der Waals surface area contributed by atoms with Crippen LogP contribution in [-0.4, -0.2) is 0 Å². The lowest BCUT2D eigenvalue weighted by Crippen LogP contribution is -2.57. The summed E-state index contributed by atoms with van der Waals surface area (Å²) in [4.78, 5) is 0. The van der Waals surface area contributed by atoms with Crippen LogP contribution in [0.3, 0.4) is 0 Å². The van der Waals surface area contributed by atoms with Crippen molar-refractivity contribution < 1.29 is 0 Å². The SMILES string of the molecule is CC1C2C(C)C(C)(C(C)(C)C)C(C)(C2C)C1(C)C. The monoisotopic (exact) mass is 250 g/mol. The van der Waals surface area contributed by atoms with Crippen LogP contribution in [0, 0.1) is 45.3 Å². The summed E-state index contributed by atoms with van der Waals surface area (Å²) in [7, 11) is 0. The van der Waals surface area contributed by atoms with E-state index in [2.05, 4.69) is 69.2 Å². The maximum Gasteiger partial charge on any atom is -0.0182 e. The maximum atomic E-state index is 2.60. The fraction of sp³-hybridized carbons (Fsp3) is 1.00. The molecule has 2 fully saturated rings. The fourth-order valence-corrected chi connectivity index (χ4v) is 6.69. The quantitative estimate of drug-likeness (QED) is 0.523. The van der Waals surface area contributed by atoms with Gasteiger partial charge in [-0.05, 0) is 45.3 Å². The van der Waals surface area contributed by atoms with Gasteiger partial charge in [0.05, 0.1) is 0 Å². The van der Waals surface area contributed by atoms with Gasteiger partial charge in [0.25, 0.3) is 0 Å². The molecule has 2 aliphatic carbocycles. The molecule has 106 valence electrons. The Kier molecular flexibility index (Phi) is 2.69. The number of hydrogen-bond acceptors (Lipinski definition) is 0. The predicted octanol–water partition coefficient (Wildman–Crippen LogP) is 5.62. The summed E-state index contributed by atoms with van der Waals surface area (Å²) in [6.45, 7) is 25.2. The zero-order chi connectivity index (χ0) is 14.3. The predicted molar refractivity (Wildman–Crippen MR) is 80.4 cm³/mol. The van der Waals surface area contributed by atoms with Gasteiger partial charge in [-0.25, -0.2) is 0 Å².